The molecule has 32 heavy (non-hydrogen) atoms. The van der Waals surface area contributed by atoms with Crippen LogP contribution in [-0.2, 0) is 19.6 Å². The fourth-order valence-corrected chi connectivity index (χ4v) is 5.28. The Kier molecular flexibility index (Phi) is 6.85. The van der Waals surface area contributed by atoms with Crippen molar-refractivity contribution in [3.8, 4) is 17.0 Å². The van der Waals surface area contributed by atoms with Crippen LogP contribution in [0.25, 0.3) is 11.3 Å². The Labute approximate surface area is 190 Å². The van der Waals surface area contributed by atoms with Crippen molar-refractivity contribution >= 4 is 32.4 Å². The highest BCUT2D eigenvalue weighted by Gasteiger charge is 2.26. The first-order valence-electron chi connectivity index (χ1n) is 10.0. The topological polar surface area (TPSA) is 97.8 Å². The fraction of sp³-hybridized carbons (Fsp3) is 0.273. The smallest absolute Gasteiger partial charge is 0.264 e. The second-order valence-electron chi connectivity index (χ2n) is 7.23. The minimum Gasteiger partial charge on any atom is -0.484 e. The third-order valence-corrected chi connectivity index (χ3v) is 7.57. The van der Waals surface area contributed by atoms with Gasteiger partial charge in [-0.25, -0.2) is 13.4 Å². The van der Waals surface area contributed by atoms with Gasteiger partial charge in [-0.05, 0) is 31.2 Å². The molecule has 1 amide bonds. The average Bonchev–Trinajstić information content (AvgIpc) is 3.28. The summed E-state index contributed by atoms with van der Waals surface area (Å²) in [5.41, 5.74) is 2.53. The van der Waals surface area contributed by atoms with E-state index >= 15 is 0 Å². The van der Waals surface area contributed by atoms with Crippen LogP contribution in [0.2, 0.25) is 0 Å². The number of rotatable bonds is 7. The van der Waals surface area contributed by atoms with Gasteiger partial charge in [0.15, 0.2) is 11.7 Å². The number of morpholine rings is 1. The van der Waals surface area contributed by atoms with E-state index < -0.39 is 10.0 Å². The average molecular weight is 474 g/mol. The zero-order chi connectivity index (χ0) is 22.6. The van der Waals surface area contributed by atoms with Gasteiger partial charge in [-0.2, -0.15) is 4.31 Å². The summed E-state index contributed by atoms with van der Waals surface area (Å²) in [6, 6.07) is 14.0. The molecule has 3 aromatic rings. The molecule has 2 aromatic carbocycles. The number of ether oxygens (including phenoxy) is 2. The van der Waals surface area contributed by atoms with Crippen LogP contribution in [0.4, 0.5) is 5.13 Å². The lowest BCUT2D eigenvalue weighted by Gasteiger charge is -2.26. The molecule has 168 valence electrons. The van der Waals surface area contributed by atoms with E-state index in [-0.39, 0.29) is 17.4 Å². The van der Waals surface area contributed by atoms with Crippen molar-refractivity contribution in [2.75, 3.05) is 38.2 Å². The molecule has 1 fully saturated rings. The number of aryl methyl sites for hydroxylation is 1. The number of sulfonamides is 1. The molecule has 1 saturated heterocycles. The van der Waals surface area contributed by atoms with Gasteiger partial charge >= 0.3 is 0 Å². The molecule has 0 aliphatic carbocycles. The minimum absolute atomic E-state index is 0.119. The monoisotopic (exact) mass is 473 g/mol. The van der Waals surface area contributed by atoms with Crippen molar-refractivity contribution in [1.29, 1.82) is 0 Å². The van der Waals surface area contributed by atoms with E-state index in [4.69, 9.17) is 9.47 Å². The zero-order valence-electron chi connectivity index (χ0n) is 17.5. The summed E-state index contributed by atoms with van der Waals surface area (Å²) in [7, 11) is -3.54. The van der Waals surface area contributed by atoms with Gasteiger partial charge in [0.2, 0.25) is 10.0 Å². The van der Waals surface area contributed by atoms with Crippen LogP contribution >= 0.6 is 11.3 Å². The second-order valence-corrected chi connectivity index (χ2v) is 10.0. The number of aromatic nitrogens is 1. The SMILES string of the molecule is Cc1ccc(OCC(=O)Nc2nc(-c3ccc(S(=O)(=O)N4CCOCC4)cc3)cs2)cc1. The molecule has 0 atom stereocenters. The minimum atomic E-state index is -3.54. The molecule has 0 saturated carbocycles. The van der Waals surface area contributed by atoms with Gasteiger partial charge in [-0.15, -0.1) is 11.3 Å². The third-order valence-electron chi connectivity index (χ3n) is 4.90. The largest absolute Gasteiger partial charge is 0.484 e. The first-order chi connectivity index (χ1) is 15.4. The van der Waals surface area contributed by atoms with Crippen molar-refractivity contribution in [1.82, 2.24) is 9.29 Å². The molecule has 8 nitrogen and oxygen atoms in total. The summed E-state index contributed by atoms with van der Waals surface area (Å²) in [5, 5.41) is 4.98. The quantitative estimate of drug-likeness (QED) is 0.566. The molecule has 4 rings (SSSR count). The Morgan fingerprint density at radius 3 is 2.50 bits per heavy atom. The Morgan fingerprint density at radius 2 is 1.81 bits per heavy atom. The highest BCUT2D eigenvalue weighted by atomic mass is 32.2. The van der Waals surface area contributed by atoms with Gasteiger partial charge in [0, 0.05) is 24.0 Å². The van der Waals surface area contributed by atoms with Gasteiger partial charge in [0.25, 0.3) is 5.91 Å². The molecule has 10 heteroatoms. The highest BCUT2D eigenvalue weighted by Crippen LogP contribution is 2.27. The number of amides is 1. The number of carbonyl (C=O) groups is 1. The number of benzene rings is 2. The molecule has 1 aliphatic rings. The maximum absolute atomic E-state index is 12.7. The van der Waals surface area contributed by atoms with Crippen LogP contribution in [-0.4, -0.2) is 56.5 Å². The van der Waals surface area contributed by atoms with Crippen LogP contribution in [0, 0.1) is 6.92 Å². The summed E-state index contributed by atoms with van der Waals surface area (Å²) in [6.45, 7) is 3.38. The number of nitrogens with one attached hydrogen (secondary N) is 1. The number of thiazole rings is 1. The lowest BCUT2D eigenvalue weighted by molar-refractivity contribution is -0.118. The first-order valence-corrected chi connectivity index (χ1v) is 12.4. The fourth-order valence-electron chi connectivity index (χ4n) is 3.14. The second kappa shape index (κ2) is 9.78. The molecular formula is C22H23N3O5S2. The number of anilines is 1. The first kappa shape index (κ1) is 22.4. The Balaban J connectivity index is 1.36. The Bertz CT molecular complexity index is 1170. The summed E-state index contributed by atoms with van der Waals surface area (Å²) in [5.74, 6) is 0.316. The van der Waals surface area contributed by atoms with Gasteiger partial charge in [-0.1, -0.05) is 29.8 Å². The van der Waals surface area contributed by atoms with E-state index in [9.17, 15) is 13.2 Å². The van der Waals surface area contributed by atoms with Crippen LogP contribution < -0.4 is 10.1 Å². The van der Waals surface area contributed by atoms with Gasteiger partial charge in [0.05, 0.1) is 23.8 Å². The molecule has 0 bridgehead atoms. The molecule has 0 radical (unpaired) electrons. The maximum Gasteiger partial charge on any atom is 0.264 e. The van der Waals surface area contributed by atoms with Crippen LogP contribution in [0.15, 0.2) is 58.8 Å². The predicted molar refractivity (Wildman–Crippen MR) is 122 cm³/mol. The molecule has 1 N–H and O–H groups in total. The third kappa shape index (κ3) is 5.33. The van der Waals surface area contributed by atoms with Crippen LogP contribution in [0.1, 0.15) is 5.56 Å². The van der Waals surface area contributed by atoms with E-state index in [0.717, 1.165) is 11.1 Å². The standard InChI is InChI=1S/C22H23N3O5S2/c1-16-2-6-18(7-3-16)30-14-21(26)24-22-23-20(15-31-22)17-4-8-19(9-5-17)32(27,28)25-10-12-29-13-11-25/h2-9,15H,10-14H2,1H3,(H,23,24,26). The van der Waals surface area contributed by atoms with E-state index in [1.807, 2.05) is 36.6 Å². The highest BCUT2D eigenvalue weighted by molar-refractivity contribution is 7.89. The van der Waals surface area contributed by atoms with E-state index in [2.05, 4.69) is 10.3 Å². The van der Waals surface area contributed by atoms with E-state index in [1.165, 1.54) is 15.6 Å². The summed E-state index contributed by atoms with van der Waals surface area (Å²) < 4.78 is 37.6. The molecule has 2 heterocycles. The number of nitrogens with zero attached hydrogens (tertiary/aromatic N) is 2. The zero-order valence-corrected chi connectivity index (χ0v) is 19.1. The van der Waals surface area contributed by atoms with E-state index in [0.29, 0.717) is 42.9 Å². The normalized spacial score (nSPS) is 14.8. The lowest BCUT2D eigenvalue weighted by atomic mass is 10.2. The van der Waals surface area contributed by atoms with E-state index in [1.54, 1.807) is 24.3 Å². The van der Waals surface area contributed by atoms with Gasteiger partial charge < -0.3 is 9.47 Å². The summed E-state index contributed by atoms with van der Waals surface area (Å²) >= 11 is 1.29. The van der Waals surface area contributed by atoms with Crippen molar-refractivity contribution in [3.63, 3.8) is 0 Å². The molecule has 0 unspecified atom stereocenters. The predicted octanol–water partition coefficient (Wildman–Crippen LogP) is 3.16. The molecule has 1 aromatic heterocycles. The Morgan fingerprint density at radius 1 is 1.12 bits per heavy atom. The number of carbonyl (C=O) groups excluding carboxylic acids is 1. The maximum atomic E-state index is 12.7. The summed E-state index contributed by atoms with van der Waals surface area (Å²) in [4.78, 5) is 16.8. The molecule has 0 spiro atoms. The van der Waals surface area contributed by atoms with Crippen molar-refractivity contribution in [2.24, 2.45) is 0 Å². The van der Waals surface area contributed by atoms with Crippen LogP contribution in [0.3, 0.4) is 0 Å². The van der Waals surface area contributed by atoms with Gasteiger partial charge in [-0.3, -0.25) is 10.1 Å². The van der Waals surface area contributed by atoms with Crippen molar-refractivity contribution in [3.05, 3.63) is 59.5 Å². The number of hydrogen-bond donors (Lipinski definition) is 1. The van der Waals surface area contributed by atoms with Gasteiger partial charge in [0.1, 0.15) is 5.75 Å². The molecule has 1 aliphatic heterocycles. The number of hydrogen-bond acceptors (Lipinski definition) is 7. The van der Waals surface area contributed by atoms with Crippen LogP contribution in [0.5, 0.6) is 5.75 Å². The Hall–Kier alpha value is -2.79. The van der Waals surface area contributed by atoms with Crippen molar-refractivity contribution < 1.29 is 22.7 Å². The van der Waals surface area contributed by atoms with Crippen molar-refractivity contribution in [2.45, 2.75) is 11.8 Å². The summed E-state index contributed by atoms with van der Waals surface area (Å²) in [6.07, 6.45) is 0. The lowest BCUT2D eigenvalue weighted by Crippen LogP contribution is -2.40. The molecular weight excluding hydrogens is 450 g/mol.